The lowest BCUT2D eigenvalue weighted by Gasteiger charge is -2.43. The van der Waals surface area contributed by atoms with E-state index in [2.05, 4.69) is 16.4 Å². The number of nitrogens with one attached hydrogen (secondary N) is 2. The molecule has 0 saturated heterocycles. The Labute approximate surface area is 157 Å². The third-order valence-electron chi connectivity index (χ3n) is 5.82. The number of aromatic amines is 1. The van der Waals surface area contributed by atoms with Gasteiger partial charge in [-0.2, -0.15) is 0 Å². The van der Waals surface area contributed by atoms with Crippen LogP contribution in [0.2, 0.25) is 0 Å². The summed E-state index contributed by atoms with van der Waals surface area (Å²) in [6.45, 7) is 4.29. The molecule has 2 N–H and O–H groups in total. The molecule has 5 nitrogen and oxygen atoms in total. The first-order valence-electron chi connectivity index (χ1n) is 9.37. The van der Waals surface area contributed by atoms with Crippen molar-refractivity contribution in [2.24, 2.45) is 5.92 Å². The zero-order valence-corrected chi connectivity index (χ0v) is 15.4. The van der Waals surface area contributed by atoms with Crippen molar-refractivity contribution < 1.29 is 9.59 Å². The van der Waals surface area contributed by atoms with E-state index in [1.54, 1.807) is 4.90 Å². The molecule has 2 amide bonds. The molecule has 1 aromatic heterocycles. The molecule has 3 aromatic rings. The van der Waals surface area contributed by atoms with E-state index in [1.807, 2.05) is 56.3 Å². The highest BCUT2D eigenvalue weighted by atomic mass is 16.2. The van der Waals surface area contributed by atoms with E-state index >= 15 is 0 Å². The van der Waals surface area contributed by atoms with Gasteiger partial charge >= 0.3 is 0 Å². The molecule has 2 aliphatic heterocycles. The van der Waals surface area contributed by atoms with Gasteiger partial charge in [-0.3, -0.25) is 9.59 Å². The van der Waals surface area contributed by atoms with Gasteiger partial charge in [0.15, 0.2) is 5.54 Å². The topological polar surface area (TPSA) is 65.2 Å². The fraction of sp³-hybridized carbons (Fsp3) is 0.273. The highest BCUT2D eigenvalue weighted by molar-refractivity contribution is 6.11. The molecule has 1 atom stereocenters. The predicted molar refractivity (Wildman–Crippen MR) is 104 cm³/mol. The smallest absolute Gasteiger partial charge is 0.261 e. The van der Waals surface area contributed by atoms with E-state index < -0.39 is 5.54 Å². The SMILES string of the molecule is CC(C)C(=O)N1CCc2c([nH]c3ccccc23)[C@@]12C(=O)Nc1ccccc12. The van der Waals surface area contributed by atoms with Crippen LogP contribution in [0.3, 0.4) is 0 Å². The minimum Gasteiger partial charge on any atom is -0.355 e. The van der Waals surface area contributed by atoms with Gasteiger partial charge in [0.2, 0.25) is 5.91 Å². The maximum absolute atomic E-state index is 13.5. The monoisotopic (exact) mass is 359 g/mol. The van der Waals surface area contributed by atoms with E-state index in [0.717, 1.165) is 39.8 Å². The molecule has 0 aliphatic carbocycles. The quantitative estimate of drug-likeness (QED) is 0.699. The zero-order chi connectivity index (χ0) is 18.8. The second kappa shape index (κ2) is 5.46. The van der Waals surface area contributed by atoms with Crippen LogP contribution in [0.25, 0.3) is 10.9 Å². The molecule has 0 radical (unpaired) electrons. The van der Waals surface area contributed by atoms with E-state index in [0.29, 0.717) is 6.54 Å². The van der Waals surface area contributed by atoms with Crippen molar-refractivity contribution in [1.29, 1.82) is 0 Å². The van der Waals surface area contributed by atoms with Crippen molar-refractivity contribution >= 4 is 28.4 Å². The molecule has 2 aromatic carbocycles. The Kier molecular flexibility index (Phi) is 3.26. The van der Waals surface area contributed by atoms with Gasteiger partial charge in [0.05, 0.1) is 5.69 Å². The lowest BCUT2D eigenvalue weighted by atomic mass is 9.79. The molecule has 0 fully saturated rings. The van der Waals surface area contributed by atoms with Gasteiger partial charge in [0.25, 0.3) is 5.91 Å². The number of amides is 2. The summed E-state index contributed by atoms with van der Waals surface area (Å²) in [5.41, 5.74) is 3.44. The number of fused-ring (bicyclic) bond motifs is 6. The predicted octanol–water partition coefficient (Wildman–Crippen LogP) is 3.40. The highest BCUT2D eigenvalue weighted by Crippen LogP contribution is 2.49. The summed E-state index contributed by atoms with van der Waals surface area (Å²) >= 11 is 0. The number of carbonyl (C=O) groups excluding carboxylic acids is 2. The summed E-state index contributed by atoms with van der Waals surface area (Å²) in [6.07, 6.45) is 0.731. The van der Waals surface area contributed by atoms with Crippen LogP contribution in [0, 0.1) is 5.92 Å². The van der Waals surface area contributed by atoms with Gasteiger partial charge in [0.1, 0.15) is 0 Å². The molecular formula is C22H21N3O2. The average molecular weight is 359 g/mol. The zero-order valence-electron chi connectivity index (χ0n) is 15.4. The minimum absolute atomic E-state index is 0.00819. The number of aromatic nitrogens is 1. The molecule has 5 heteroatoms. The second-order valence-electron chi connectivity index (χ2n) is 7.63. The summed E-state index contributed by atoms with van der Waals surface area (Å²) in [6, 6.07) is 15.8. The number of rotatable bonds is 1. The van der Waals surface area contributed by atoms with Crippen LogP contribution in [0.15, 0.2) is 48.5 Å². The Balaban J connectivity index is 1.87. The molecule has 5 rings (SSSR count). The summed E-state index contributed by atoms with van der Waals surface area (Å²) < 4.78 is 0. The third-order valence-corrected chi connectivity index (χ3v) is 5.82. The van der Waals surface area contributed by atoms with Crippen LogP contribution < -0.4 is 5.32 Å². The van der Waals surface area contributed by atoms with E-state index in [9.17, 15) is 9.59 Å². The van der Waals surface area contributed by atoms with Gasteiger partial charge in [-0.05, 0) is 24.1 Å². The molecule has 1 spiro atoms. The fourth-order valence-corrected chi connectivity index (χ4v) is 4.64. The van der Waals surface area contributed by atoms with Crippen LogP contribution in [-0.2, 0) is 21.5 Å². The average Bonchev–Trinajstić information content (AvgIpc) is 3.19. The van der Waals surface area contributed by atoms with E-state index in [1.165, 1.54) is 0 Å². The van der Waals surface area contributed by atoms with Gasteiger partial charge in [-0.1, -0.05) is 50.2 Å². The first-order chi connectivity index (χ1) is 13.0. The van der Waals surface area contributed by atoms with Crippen molar-refractivity contribution in [1.82, 2.24) is 9.88 Å². The number of anilines is 1. The molecule has 3 heterocycles. The summed E-state index contributed by atoms with van der Waals surface area (Å²) in [4.78, 5) is 31.9. The van der Waals surface area contributed by atoms with Crippen molar-refractivity contribution in [3.05, 3.63) is 65.4 Å². The van der Waals surface area contributed by atoms with Crippen LogP contribution in [0.4, 0.5) is 5.69 Å². The van der Waals surface area contributed by atoms with Gasteiger partial charge in [0, 0.05) is 34.6 Å². The van der Waals surface area contributed by atoms with Crippen molar-refractivity contribution in [3.63, 3.8) is 0 Å². The molecule has 0 unspecified atom stereocenters. The molecule has 2 aliphatic rings. The maximum atomic E-state index is 13.5. The van der Waals surface area contributed by atoms with Crippen LogP contribution in [0.5, 0.6) is 0 Å². The number of benzene rings is 2. The van der Waals surface area contributed by atoms with Crippen LogP contribution in [-0.4, -0.2) is 28.2 Å². The Hall–Kier alpha value is -3.08. The first-order valence-corrected chi connectivity index (χ1v) is 9.37. The largest absolute Gasteiger partial charge is 0.355 e. The Morgan fingerprint density at radius 2 is 1.85 bits per heavy atom. The number of carbonyl (C=O) groups is 2. The van der Waals surface area contributed by atoms with Crippen molar-refractivity contribution in [2.45, 2.75) is 25.8 Å². The Bertz CT molecular complexity index is 1100. The van der Waals surface area contributed by atoms with Crippen molar-refractivity contribution in [3.8, 4) is 0 Å². The first kappa shape index (κ1) is 16.1. The minimum atomic E-state index is -1.13. The second-order valence-corrected chi connectivity index (χ2v) is 7.63. The van der Waals surface area contributed by atoms with Gasteiger partial charge in [-0.25, -0.2) is 0 Å². The standard InChI is InChI=1S/C22H21N3O2/c1-13(2)20(26)25-12-11-15-14-7-3-5-9-17(14)23-19(15)22(25)16-8-4-6-10-18(16)24-21(22)27/h3-10,13,23H,11-12H2,1-2H3,(H,24,27)/t22-/m0/s1. The molecule has 0 saturated carbocycles. The van der Waals surface area contributed by atoms with Gasteiger partial charge in [-0.15, -0.1) is 0 Å². The number of H-pyrrole nitrogens is 1. The fourth-order valence-electron chi connectivity index (χ4n) is 4.64. The van der Waals surface area contributed by atoms with Crippen LogP contribution in [0.1, 0.15) is 30.7 Å². The van der Waals surface area contributed by atoms with Gasteiger partial charge < -0.3 is 15.2 Å². The number of hydrogen-bond acceptors (Lipinski definition) is 2. The lowest BCUT2D eigenvalue weighted by molar-refractivity contribution is -0.146. The molecule has 27 heavy (non-hydrogen) atoms. The Morgan fingerprint density at radius 1 is 1.11 bits per heavy atom. The molecule has 0 bridgehead atoms. The lowest BCUT2D eigenvalue weighted by Crippen LogP contribution is -2.58. The number of hydrogen-bond donors (Lipinski definition) is 2. The summed E-state index contributed by atoms with van der Waals surface area (Å²) in [5, 5.41) is 4.14. The van der Waals surface area contributed by atoms with E-state index in [-0.39, 0.29) is 17.7 Å². The summed E-state index contributed by atoms with van der Waals surface area (Å²) in [5.74, 6) is -0.357. The Morgan fingerprint density at radius 3 is 2.67 bits per heavy atom. The highest BCUT2D eigenvalue weighted by Gasteiger charge is 2.58. The molecular weight excluding hydrogens is 338 g/mol. The number of para-hydroxylation sites is 2. The van der Waals surface area contributed by atoms with Crippen LogP contribution >= 0.6 is 0 Å². The maximum Gasteiger partial charge on any atom is 0.261 e. The number of nitrogens with zero attached hydrogens (tertiary/aromatic N) is 1. The van der Waals surface area contributed by atoms with E-state index in [4.69, 9.17) is 0 Å². The normalized spacial score (nSPS) is 20.9. The van der Waals surface area contributed by atoms with Crippen molar-refractivity contribution in [2.75, 3.05) is 11.9 Å². The summed E-state index contributed by atoms with van der Waals surface area (Å²) in [7, 11) is 0. The third kappa shape index (κ3) is 1.94. The molecule has 136 valence electrons.